The molecule has 5 heteroatoms. The number of rotatable bonds is 8. The molecule has 2 nitrogen and oxygen atoms in total. The lowest BCUT2D eigenvalue weighted by Gasteiger charge is -2.29. The van der Waals surface area contributed by atoms with Crippen LogP contribution >= 0.6 is 0 Å². The number of hydrogen-bond acceptors (Lipinski definition) is 2. The highest BCUT2D eigenvalue weighted by Crippen LogP contribution is 2.34. The summed E-state index contributed by atoms with van der Waals surface area (Å²) in [5, 5.41) is 0. The van der Waals surface area contributed by atoms with Gasteiger partial charge in [-0.05, 0) is 48.4 Å². The molecule has 1 fully saturated rings. The van der Waals surface area contributed by atoms with Crippen LogP contribution in [0, 0.1) is 17.5 Å². The molecule has 0 aromatic heterocycles. The second-order valence-electron chi connectivity index (χ2n) is 7.69. The Morgan fingerprint density at radius 2 is 1.83 bits per heavy atom. The fourth-order valence-corrected chi connectivity index (χ4v) is 3.83. The molecule has 0 saturated carbocycles. The standard InChI is InChI=1S/C24H29F3O2/c1-3-5-16-6-7-17(13-22(16)25)20-10-11-21(24(27)23(20)26)18-8-9-19(29-14-18)15-28-12-4-2/h6-7,10-11,13,18-19H,3-5,8-9,12,14-15H2,1-2H3. The predicted octanol–water partition coefficient (Wildman–Crippen LogP) is 6.41. The van der Waals surface area contributed by atoms with E-state index in [2.05, 4.69) is 0 Å². The van der Waals surface area contributed by atoms with Crippen molar-refractivity contribution in [1.82, 2.24) is 0 Å². The Kier molecular flexibility index (Phi) is 7.73. The van der Waals surface area contributed by atoms with Gasteiger partial charge in [0.05, 0.1) is 19.3 Å². The van der Waals surface area contributed by atoms with Gasteiger partial charge in [-0.25, -0.2) is 13.2 Å². The zero-order valence-electron chi connectivity index (χ0n) is 17.1. The van der Waals surface area contributed by atoms with Crippen LogP contribution in [0.25, 0.3) is 11.1 Å². The lowest BCUT2D eigenvalue weighted by Crippen LogP contribution is -2.29. The lowest BCUT2D eigenvalue weighted by atomic mass is 9.89. The van der Waals surface area contributed by atoms with E-state index < -0.39 is 11.6 Å². The summed E-state index contributed by atoms with van der Waals surface area (Å²) in [5.41, 5.74) is 1.34. The van der Waals surface area contributed by atoms with Gasteiger partial charge >= 0.3 is 0 Å². The lowest BCUT2D eigenvalue weighted by molar-refractivity contribution is -0.0485. The summed E-state index contributed by atoms with van der Waals surface area (Å²) in [6, 6.07) is 7.73. The maximum atomic E-state index is 14.8. The van der Waals surface area contributed by atoms with Gasteiger partial charge in [0, 0.05) is 18.1 Å². The van der Waals surface area contributed by atoms with E-state index in [1.807, 2.05) is 13.8 Å². The average molecular weight is 406 g/mol. The third-order valence-corrected chi connectivity index (χ3v) is 5.46. The highest BCUT2D eigenvalue weighted by Gasteiger charge is 2.27. The van der Waals surface area contributed by atoms with Gasteiger partial charge in [0.2, 0.25) is 0 Å². The molecule has 2 unspecified atom stereocenters. The van der Waals surface area contributed by atoms with Crippen LogP contribution < -0.4 is 0 Å². The zero-order valence-corrected chi connectivity index (χ0v) is 17.1. The summed E-state index contributed by atoms with van der Waals surface area (Å²) in [5.74, 6) is -2.37. The van der Waals surface area contributed by atoms with Crippen molar-refractivity contribution < 1.29 is 22.6 Å². The van der Waals surface area contributed by atoms with Crippen molar-refractivity contribution in [2.45, 2.75) is 58.0 Å². The quantitative estimate of drug-likeness (QED) is 0.472. The molecule has 1 aliphatic rings. The van der Waals surface area contributed by atoms with E-state index in [0.717, 1.165) is 25.7 Å². The first-order chi connectivity index (χ1) is 14.0. The van der Waals surface area contributed by atoms with E-state index >= 15 is 0 Å². The highest BCUT2D eigenvalue weighted by atomic mass is 19.2. The molecule has 2 aromatic carbocycles. The van der Waals surface area contributed by atoms with Crippen molar-refractivity contribution in [3.05, 3.63) is 58.9 Å². The van der Waals surface area contributed by atoms with E-state index in [9.17, 15) is 13.2 Å². The minimum atomic E-state index is -0.932. The topological polar surface area (TPSA) is 18.5 Å². The maximum absolute atomic E-state index is 14.8. The zero-order chi connectivity index (χ0) is 20.8. The normalized spacial score (nSPS) is 19.5. The van der Waals surface area contributed by atoms with E-state index in [0.29, 0.717) is 42.9 Å². The fourth-order valence-electron chi connectivity index (χ4n) is 3.83. The Balaban J connectivity index is 1.73. The molecule has 3 rings (SSSR count). The van der Waals surface area contributed by atoms with Crippen molar-refractivity contribution in [3.8, 4) is 11.1 Å². The number of aryl methyl sites for hydroxylation is 1. The molecular weight excluding hydrogens is 377 g/mol. The molecule has 0 aliphatic carbocycles. The molecule has 2 atom stereocenters. The molecule has 2 aromatic rings. The Labute approximate surface area is 171 Å². The van der Waals surface area contributed by atoms with Gasteiger partial charge in [-0.15, -0.1) is 0 Å². The third kappa shape index (κ3) is 5.20. The van der Waals surface area contributed by atoms with Crippen LogP contribution in [0.5, 0.6) is 0 Å². The SMILES string of the molecule is CCCOCC1CCC(c2ccc(-c3ccc(CCC)c(F)c3)c(F)c2F)CO1. The maximum Gasteiger partial charge on any atom is 0.166 e. The minimum Gasteiger partial charge on any atom is -0.379 e. The van der Waals surface area contributed by atoms with Crippen LogP contribution in [0.15, 0.2) is 30.3 Å². The van der Waals surface area contributed by atoms with Gasteiger partial charge in [-0.2, -0.15) is 0 Å². The van der Waals surface area contributed by atoms with Gasteiger partial charge in [-0.1, -0.05) is 44.5 Å². The second kappa shape index (κ2) is 10.3. The molecule has 1 aliphatic heterocycles. The first-order valence-corrected chi connectivity index (χ1v) is 10.5. The molecule has 1 heterocycles. The summed E-state index contributed by atoms with van der Waals surface area (Å²) < 4.78 is 55.2. The minimum absolute atomic E-state index is 0.00888. The van der Waals surface area contributed by atoms with Gasteiger partial charge < -0.3 is 9.47 Å². The summed E-state index contributed by atoms with van der Waals surface area (Å²) in [4.78, 5) is 0. The van der Waals surface area contributed by atoms with Crippen molar-refractivity contribution in [3.63, 3.8) is 0 Å². The van der Waals surface area contributed by atoms with Crippen molar-refractivity contribution in [2.75, 3.05) is 19.8 Å². The summed E-state index contributed by atoms with van der Waals surface area (Å²) in [6.45, 7) is 5.60. The highest BCUT2D eigenvalue weighted by molar-refractivity contribution is 5.65. The van der Waals surface area contributed by atoms with Crippen LogP contribution in [0.1, 0.15) is 56.6 Å². The molecule has 0 radical (unpaired) electrons. The predicted molar refractivity (Wildman–Crippen MR) is 109 cm³/mol. The Morgan fingerprint density at radius 1 is 1.00 bits per heavy atom. The average Bonchev–Trinajstić information content (AvgIpc) is 2.73. The number of benzene rings is 2. The van der Waals surface area contributed by atoms with Crippen molar-refractivity contribution >= 4 is 0 Å². The van der Waals surface area contributed by atoms with E-state index in [4.69, 9.17) is 9.47 Å². The first-order valence-electron chi connectivity index (χ1n) is 10.5. The molecule has 0 bridgehead atoms. The van der Waals surface area contributed by atoms with Crippen LogP contribution in [-0.4, -0.2) is 25.9 Å². The third-order valence-electron chi connectivity index (χ3n) is 5.46. The van der Waals surface area contributed by atoms with Crippen LogP contribution in [0.4, 0.5) is 13.2 Å². The Hall–Kier alpha value is -1.85. The number of halogens is 3. The monoisotopic (exact) mass is 406 g/mol. The molecule has 158 valence electrons. The molecule has 29 heavy (non-hydrogen) atoms. The fraction of sp³-hybridized carbons (Fsp3) is 0.500. The van der Waals surface area contributed by atoms with Gasteiger partial charge in [0.15, 0.2) is 11.6 Å². The smallest absolute Gasteiger partial charge is 0.166 e. The van der Waals surface area contributed by atoms with E-state index in [-0.39, 0.29) is 23.4 Å². The van der Waals surface area contributed by atoms with Crippen molar-refractivity contribution in [1.29, 1.82) is 0 Å². The van der Waals surface area contributed by atoms with Crippen molar-refractivity contribution in [2.24, 2.45) is 0 Å². The van der Waals surface area contributed by atoms with Crippen LogP contribution in [-0.2, 0) is 15.9 Å². The first kappa shape index (κ1) is 21.8. The largest absolute Gasteiger partial charge is 0.379 e. The van der Waals surface area contributed by atoms with Gasteiger partial charge in [-0.3, -0.25) is 0 Å². The van der Waals surface area contributed by atoms with Gasteiger partial charge in [0.1, 0.15) is 5.82 Å². The van der Waals surface area contributed by atoms with Crippen LogP contribution in [0.3, 0.4) is 0 Å². The number of ether oxygens (including phenoxy) is 2. The molecule has 1 saturated heterocycles. The van der Waals surface area contributed by atoms with Crippen LogP contribution in [0.2, 0.25) is 0 Å². The Bertz CT molecular complexity index is 814. The van der Waals surface area contributed by atoms with E-state index in [1.54, 1.807) is 24.3 Å². The molecule has 0 spiro atoms. The second-order valence-corrected chi connectivity index (χ2v) is 7.69. The molecular formula is C24H29F3O2. The van der Waals surface area contributed by atoms with Gasteiger partial charge in [0.25, 0.3) is 0 Å². The summed E-state index contributed by atoms with van der Waals surface area (Å²) in [7, 11) is 0. The Morgan fingerprint density at radius 3 is 2.48 bits per heavy atom. The summed E-state index contributed by atoms with van der Waals surface area (Å²) in [6.07, 6.45) is 3.88. The number of hydrogen-bond donors (Lipinski definition) is 0. The van der Waals surface area contributed by atoms with E-state index in [1.165, 1.54) is 6.07 Å². The molecule has 0 amide bonds. The summed E-state index contributed by atoms with van der Waals surface area (Å²) >= 11 is 0. The molecule has 0 N–H and O–H groups in total.